The van der Waals surface area contributed by atoms with Gasteiger partial charge in [0.05, 0.1) is 6.04 Å². The van der Waals surface area contributed by atoms with E-state index in [2.05, 4.69) is 43.0 Å². The van der Waals surface area contributed by atoms with Gasteiger partial charge >= 0.3 is 0 Å². The van der Waals surface area contributed by atoms with E-state index >= 15 is 0 Å². The van der Waals surface area contributed by atoms with Crippen molar-refractivity contribution >= 4 is 23.2 Å². The molecule has 1 aliphatic rings. The van der Waals surface area contributed by atoms with Crippen molar-refractivity contribution < 1.29 is 9.90 Å². The SMILES string of the molecule is Cc1cc(O)c(C2CC(C(=O)Nc3ccc(C(C)C)c(C)c3)NN2)cc1Cl. The molecule has 0 radical (unpaired) electrons. The van der Waals surface area contributed by atoms with Crippen molar-refractivity contribution in [1.29, 1.82) is 0 Å². The van der Waals surface area contributed by atoms with E-state index < -0.39 is 6.04 Å². The van der Waals surface area contributed by atoms with Gasteiger partial charge < -0.3 is 10.4 Å². The quantitative estimate of drug-likeness (QED) is 0.630. The third-order valence-electron chi connectivity index (χ3n) is 5.06. The number of benzene rings is 2. The maximum Gasteiger partial charge on any atom is 0.242 e. The fraction of sp³-hybridized carbons (Fsp3) is 0.381. The van der Waals surface area contributed by atoms with Crippen molar-refractivity contribution in [1.82, 2.24) is 10.9 Å². The summed E-state index contributed by atoms with van der Waals surface area (Å²) in [6, 6.07) is 8.80. The smallest absolute Gasteiger partial charge is 0.242 e. The molecule has 0 aromatic heterocycles. The topological polar surface area (TPSA) is 73.4 Å². The van der Waals surface area contributed by atoms with Gasteiger partial charge in [-0.3, -0.25) is 4.79 Å². The zero-order valence-corrected chi connectivity index (χ0v) is 16.8. The number of phenolic OH excluding ortho intramolecular Hbond substituents is 1. The first-order chi connectivity index (χ1) is 12.8. The molecule has 0 bridgehead atoms. The summed E-state index contributed by atoms with van der Waals surface area (Å²) in [5, 5.41) is 13.8. The first-order valence-corrected chi connectivity index (χ1v) is 9.55. The molecule has 27 heavy (non-hydrogen) atoms. The van der Waals surface area contributed by atoms with Crippen LogP contribution in [0.4, 0.5) is 5.69 Å². The third kappa shape index (κ3) is 4.26. The van der Waals surface area contributed by atoms with Crippen LogP contribution in [0.15, 0.2) is 30.3 Å². The van der Waals surface area contributed by atoms with Crippen LogP contribution in [0.2, 0.25) is 5.02 Å². The normalized spacial score (nSPS) is 19.5. The molecular formula is C21H26ClN3O2. The summed E-state index contributed by atoms with van der Waals surface area (Å²) in [5.74, 6) is 0.516. The van der Waals surface area contributed by atoms with E-state index in [0.29, 0.717) is 22.9 Å². The predicted molar refractivity (Wildman–Crippen MR) is 109 cm³/mol. The van der Waals surface area contributed by atoms with Crippen LogP contribution in [-0.4, -0.2) is 17.1 Å². The number of carbonyl (C=O) groups is 1. The number of hydrogen-bond donors (Lipinski definition) is 4. The summed E-state index contributed by atoms with van der Waals surface area (Å²) in [4.78, 5) is 12.6. The number of carbonyl (C=O) groups excluding carboxylic acids is 1. The van der Waals surface area contributed by atoms with E-state index in [4.69, 9.17) is 11.6 Å². The molecule has 1 aliphatic heterocycles. The Bertz CT molecular complexity index is 867. The van der Waals surface area contributed by atoms with Gasteiger partial charge in [0.2, 0.25) is 5.91 Å². The molecule has 2 atom stereocenters. The van der Waals surface area contributed by atoms with Crippen LogP contribution in [0, 0.1) is 13.8 Å². The molecule has 4 N–H and O–H groups in total. The number of nitrogens with one attached hydrogen (secondary N) is 3. The van der Waals surface area contributed by atoms with Crippen molar-refractivity contribution in [3.63, 3.8) is 0 Å². The number of hydrogen-bond acceptors (Lipinski definition) is 4. The molecule has 1 saturated heterocycles. The largest absolute Gasteiger partial charge is 0.508 e. The highest BCUT2D eigenvalue weighted by Gasteiger charge is 2.31. The number of aromatic hydroxyl groups is 1. The van der Waals surface area contributed by atoms with E-state index in [1.807, 2.05) is 19.1 Å². The Kier molecular flexibility index (Phi) is 5.75. The average Bonchev–Trinajstić information content (AvgIpc) is 3.07. The molecule has 2 aromatic rings. The lowest BCUT2D eigenvalue weighted by Crippen LogP contribution is -2.39. The zero-order chi connectivity index (χ0) is 19.7. The number of anilines is 1. The summed E-state index contributed by atoms with van der Waals surface area (Å²) in [6.45, 7) is 8.21. The average molecular weight is 388 g/mol. The second kappa shape index (κ2) is 7.89. The Balaban J connectivity index is 1.68. The summed E-state index contributed by atoms with van der Waals surface area (Å²) in [6.07, 6.45) is 0.516. The maximum atomic E-state index is 12.6. The van der Waals surface area contributed by atoms with Gasteiger partial charge in [0.15, 0.2) is 0 Å². The summed E-state index contributed by atoms with van der Waals surface area (Å²) in [5.41, 5.74) is 10.8. The Morgan fingerprint density at radius 2 is 1.93 bits per heavy atom. The van der Waals surface area contributed by atoms with E-state index in [1.54, 1.807) is 12.1 Å². The summed E-state index contributed by atoms with van der Waals surface area (Å²) >= 11 is 6.18. The predicted octanol–water partition coefficient (Wildman–Crippen LogP) is 4.33. The van der Waals surface area contributed by atoms with Gasteiger partial charge in [-0.15, -0.1) is 0 Å². The van der Waals surface area contributed by atoms with Gasteiger partial charge in [0.25, 0.3) is 0 Å². The van der Waals surface area contributed by atoms with Crippen LogP contribution in [0.5, 0.6) is 5.75 Å². The Hall–Kier alpha value is -2.08. The molecule has 2 aromatic carbocycles. The number of amides is 1. The lowest BCUT2D eigenvalue weighted by atomic mass is 9.97. The minimum atomic E-state index is -0.403. The van der Waals surface area contributed by atoms with Gasteiger partial charge in [0.1, 0.15) is 11.8 Å². The molecule has 5 nitrogen and oxygen atoms in total. The zero-order valence-electron chi connectivity index (χ0n) is 16.1. The molecule has 3 rings (SSSR count). The number of aryl methyl sites for hydroxylation is 2. The van der Waals surface area contributed by atoms with Gasteiger partial charge in [-0.1, -0.05) is 31.5 Å². The second-order valence-electron chi connectivity index (χ2n) is 7.51. The molecule has 1 fully saturated rings. The Morgan fingerprint density at radius 1 is 1.19 bits per heavy atom. The van der Waals surface area contributed by atoms with Crippen LogP contribution >= 0.6 is 11.6 Å². The van der Waals surface area contributed by atoms with E-state index in [-0.39, 0.29) is 17.7 Å². The highest BCUT2D eigenvalue weighted by atomic mass is 35.5. The lowest BCUT2D eigenvalue weighted by Gasteiger charge is -2.15. The second-order valence-corrected chi connectivity index (χ2v) is 7.91. The summed E-state index contributed by atoms with van der Waals surface area (Å²) in [7, 11) is 0. The molecular weight excluding hydrogens is 362 g/mol. The van der Waals surface area contributed by atoms with Gasteiger partial charge in [-0.2, -0.15) is 0 Å². The monoisotopic (exact) mass is 387 g/mol. The van der Waals surface area contributed by atoms with Crippen LogP contribution in [0.3, 0.4) is 0 Å². The van der Waals surface area contributed by atoms with Crippen LogP contribution in [-0.2, 0) is 4.79 Å². The third-order valence-corrected chi connectivity index (χ3v) is 5.47. The molecule has 6 heteroatoms. The molecule has 144 valence electrons. The molecule has 0 saturated carbocycles. The molecule has 0 spiro atoms. The first kappa shape index (κ1) is 19.7. The van der Waals surface area contributed by atoms with Crippen LogP contribution in [0.1, 0.15) is 54.5 Å². The number of hydrazine groups is 1. The molecule has 2 unspecified atom stereocenters. The van der Waals surface area contributed by atoms with Crippen LogP contribution < -0.4 is 16.2 Å². The fourth-order valence-electron chi connectivity index (χ4n) is 3.52. The van der Waals surface area contributed by atoms with E-state index in [9.17, 15) is 9.90 Å². The minimum absolute atomic E-state index is 0.112. The Labute approximate surface area is 165 Å². The van der Waals surface area contributed by atoms with Crippen LogP contribution in [0.25, 0.3) is 0 Å². The maximum absolute atomic E-state index is 12.6. The highest BCUT2D eigenvalue weighted by molar-refractivity contribution is 6.31. The van der Waals surface area contributed by atoms with Crippen molar-refractivity contribution in [3.05, 3.63) is 57.6 Å². The lowest BCUT2D eigenvalue weighted by molar-refractivity contribution is -0.117. The number of rotatable bonds is 4. The van der Waals surface area contributed by atoms with E-state index in [1.165, 1.54) is 5.56 Å². The highest BCUT2D eigenvalue weighted by Crippen LogP contribution is 2.34. The minimum Gasteiger partial charge on any atom is -0.508 e. The summed E-state index contributed by atoms with van der Waals surface area (Å²) < 4.78 is 0. The van der Waals surface area contributed by atoms with Crippen molar-refractivity contribution in [2.24, 2.45) is 0 Å². The van der Waals surface area contributed by atoms with Crippen molar-refractivity contribution in [2.75, 3.05) is 5.32 Å². The Morgan fingerprint density at radius 3 is 2.59 bits per heavy atom. The molecule has 0 aliphatic carbocycles. The fourth-order valence-corrected chi connectivity index (χ4v) is 3.70. The van der Waals surface area contributed by atoms with Gasteiger partial charge in [-0.05, 0) is 67.1 Å². The van der Waals surface area contributed by atoms with E-state index in [0.717, 1.165) is 16.8 Å². The van der Waals surface area contributed by atoms with Gasteiger partial charge in [0, 0.05) is 16.3 Å². The van der Waals surface area contributed by atoms with Crippen molar-refractivity contribution in [2.45, 2.75) is 52.1 Å². The first-order valence-electron chi connectivity index (χ1n) is 9.17. The molecule has 1 heterocycles. The van der Waals surface area contributed by atoms with Crippen molar-refractivity contribution in [3.8, 4) is 5.75 Å². The number of halogens is 1. The number of phenols is 1. The molecule has 1 amide bonds. The van der Waals surface area contributed by atoms with Gasteiger partial charge in [-0.25, -0.2) is 10.9 Å². The standard InChI is InChI=1S/C21H26ClN3O2/c1-11(2)15-6-5-14(7-12(15)3)23-21(27)19-10-18(24-25-19)16-9-17(22)13(4)8-20(16)26/h5-9,11,18-19,24-26H,10H2,1-4H3,(H,23,27).